The average molecular weight is 309 g/mol. The molecular weight excluding hydrogens is 292 g/mol. The lowest BCUT2D eigenvalue weighted by molar-refractivity contribution is 0.220. The molecule has 3 nitrogen and oxygen atoms in total. The summed E-state index contributed by atoms with van der Waals surface area (Å²) < 4.78 is 5.94. The van der Waals surface area contributed by atoms with Crippen molar-refractivity contribution in [2.45, 2.75) is 31.9 Å². The number of aromatic nitrogens is 1. The third-order valence-corrected chi connectivity index (χ3v) is 4.64. The number of hydrogen-bond donors (Lipinski definition) is 1. The van der Waals surface area contributed by atoms with E-state index in [1.807, 2.05) is 29.8 Å². The predicted molar refractivity (Wildman–Crippen MR) is 82.7 cm³/mol. The van der Waals surface area contributed by atoms with E-state index in [0.29, 0.717) is 6.04 Å². The molecule has 1 aliphatic rings. The highest BCUT2D eigenvalue weighted by Crippen LogP contribution is 2.31. The van der Waals surface area contributed by atoms with Gasteiger partial charge in [0.2, 0.25) is 0 Å². The summed E-state index contributed by atoms with van der Waals surface area (Å²) in [4.78, 5) is 4.38. The van der Waals surface area contributed by atoms with Crippen LogP contribution in [0.15, 0.2) is 29.8 Å². The number of halogens is 1. The molecule has 1 aliphatic heterocycles. The van der Waals surface area contributed by atoms with Crippen LogP contribution in [-0.2, 0) is 6.42 Å². The van der Waals surface area contributed by atoms with E-state index in [4.69, 9.17) is 16.3 Å². The fourth-order valence-electron chi connectivity index (χ4n) is 2.49. The highest BCUT2D eigenvalue weighted by molar-refractivity contribution is 7.09. The van der Waals surface area contributed by atoms with Gasteiger partial charge >= 0.3 is 0 Å². The zero-order valence-corrected chi connectivity index (χ0v) is 12.9. The van der Waals surface area contributed by atoms with Gasteiger partial charge in [0.05, 0.1) is 6.04 Å². The number of ether oxygens (including phenoxy) is 1. The molecule has 0 radical (unpaired) electrons. The van der Waals surface area contributed by atoms with Gasteiger partial charge in [-0.15, -0.1) is 11.3 Å². The molecule has 0 aliphatic carbocycles. The lowest BCUT2D eigenvalue weighted by Gasteiger charge is -2.17. The topological polar surface area (TPSA) is 34.1 Å². The molecule has 2 heterocycles. The van der Waals surface area contributed by atoms with E-state index in [2.05, 4.69) is 17.2 Å². The molecule has 3 rings (SSSR count). The lowest BCUT2D eigenvalue weighted by atomic mass is 10.1. The van der Waals surface area contributed by atoms with Gasteiger partial charge in [-0.05, 0) is 30.2 Å². The molecule has 2 aromatic rings. The van der Waals surface area contributed by atoms with E-state index in [9.17, 15) is 0 Å². The number of fused-ring (bicyclic) bond motifs is 1. The lowest BCUT2D eigenvalue weighted by Crippen LogP contribution is -2.32. The van der Waals surface area contributed by atoms with Crippen molar-refractivity contribution < 1.29 is 4.74 Å². The van der Waals surface area contributed by atoms with Crippen molar-refractivity contribution in [2.75, 3.05) is 6.54 Å². The average Bonchev–Trinajstić information content (AvgIpc) is 3.08. The molecule has 2 unspecified atom stereocenters. The van der Waals surface area contributed by atoms with Crippen LogP contribution in [0.25, 0.3) is 0 Å². The predicted octanol–water partition coefficient (Wildman–Crippen LogP) is 3.84. The van der Waals surface area contributed by atoms with Crippen molar-refractivity contribution in [3.8, 4) is 5.75 Å². The molecule has 0 spiro atoms. The fourth-order valence-corrected chi connectivity index (χ4v) is 3.48. The van der Waals surface area contributed by atoms with E-state index < -0.39 is 0 Å². The molecule has 2 atom stereocenters. The summed E-state index contributed by atoms with van der Waals surface area (Å²) in [6.07, 6.45) is 3.97. The summed E-state index contributed by atoms with van der Waals surface area (Å²) in [5.41, 5.74) is 1.20. The van der Waals surface area contributed by atoms with Gasteiger partial charge < -0.3 is 10.1 Å². The van der Waals surface area contributed by atoms with Gasteiger partial charge in [-0.2, -0.15) is 0 Å². The molecule has 5 heteroatoms. The summed E-state index contributed by atoms with van der Waals surface area (Å²) >= 11 is 7.71. The third kappa shape index (κ3) is 2.97. The van der Waals surface area contributed by atoms with Crippen LogP contribution in [-0.4, -0.2) is 17.6 Å². The molecule has 20 heavy (non-hydrogen) atoms. The quantitative estimate of drug-likeness (QED) is 0.911. The highest BCUT2D eigenvalue weighted by atomic mass is 35.5. The van der Waals surface area contributed by atoms with Crippen LogP contribution >= 0.6 is 22.9 Å². The Morgan fingerprint density at radius 1 is 1.55 bits per heavy atom. The molecule has 0 saturated heterocycles. The van der Waals surface area contributed by atoms with Gasteiger partial charge in [0.25, 0.3) is 0 Å². The van der Waals surface area contributed by atoms with Crippen molar-refractivity contribution in [2.24, 2.45) is 0 Å². The molecule has 0 bridgehead atoms. The van der Waals surface area contributed by atoms with Crippen LogP contribution < -0.4 is 10.1 Å². The van der Waals surface area contributed by atoms with Crippen LogP contribution in [0.2, 0.25) is 5.02 Å². The highest BCUT2D eigenvalue weighted by Gasteiger charge is 2.24. The Kier molecular flexibility index (Phi) is 4.24. The molecule has 1 N–H and O–H groups in total. The van der Waals surface area contributed by atoms with E-state index >= 15 is 0 Å². The maximum atomic E-state index is 6.01. The van der Waals surface area contributed by atoms with E-state index in [-0.39, 0.29) is 6.10 Å². The number of benzene rings is 1. The number of nitrogens with zero attached hydrogens (tertiary/aromatic N) is 1. The van der Waals surface area contributed by atoms with Gasteiger partial charge in [-0.3, -0.25) is 0 Å². The Balaban J connectivity index is 1.58. The van der Waals surface area contributed by atoms with Gasteiger partial charge in [0.1, 0.15) is 16.9 Å². The van der Waals surface area contributed by atoms with Gasteiger partial charge in [0, 0.05) is 29.6 Å². The number of hydrogen-bond acceptors (Lipinski definition) is 4. The number of nitrogens with one attached hydrogen (secondary N) is 1. The number of rotatable bonds is 5. The first-order chi connectivity index (χ1) is 9.76. The Labute approximate surface area is 127 Å². The smallest absolute Gasteiger partial charge is 0.123 e. The Hall–Kier alpha value is -1.10. The summed E-state index contributed by atoms with van der Waals surface area (Å²) in [6.45, 7) is 2.99. The van der Waals surface area contributed by atoms with Crippen LogP contribution in [0.4, 0.5) is 0 Å². The molecule has 0 amide bonds. The van der Waals surface area contributed by atoms with Crippen LogP contribution in [0.5, 0.6) is 5.75 Å². The fraction of sp³-hybridized carbons (Fsp3) is 0.400. The molecule has 0 saturated carbocycles. The van der Waals surface area contributed by atoms with Crippen molar-refractivity contribution in [3.05, 3.63) is 45.4 Å². The van der Waals surface area contributed by atoms with Crippen LogP contribution in [0, 0.1) is 0 Å². The van der Waals surface area contributed by atoms with E-state index in [1.165, 1.54) is 5.56 Å². The largest absolute Gasteiger partial charge is 0.488 e. The summed E-state index contributed by atoms with van der Waals surface area (Å²) in [6, 6.07) is 6.14. The Bertz CT molecular complexity index is 573. The third-order valence-electron chi connectivity index (χ3n) is 3.51. The summed E-state index contributed by atoms with van der Waals surface area (Å²) in [5.74, 6) is 0.962. The normalized spacial score (nSPS) is 18.6. The van der Waals surface area contributed by atoms with Gasteiger partial charge in [-0.25, -0.2) is 4.98 Å². The SMILES string of the molecule is CCC(NCC1Cc2cc(Cl)ccc2O1)c1nccs1. The maximum absolute atomic E-state index is 6.01. The molecule has 1 aromatic heterocycles. The molecule has 106 valence electrons. The van der Waals surface area contributed by atoms with Gasteiger partial charge in [0.15, 0.2) is 0 Å². The van der Waals surface area contributed by atoms with Crippen LogP contribution in [0.1, 0.15) is 30.0 Å². The standard InChI is InChI=1S/C15H17ClN2OS/c1-2-13(15-17-5-6-20-15)18-9-12-8-10-7-11(16)3-4-14(10)19-12/h3-7,12-13,18H,2,8-9H2,1H3. The maximum Gasteiger partial charge on any atom is 0.123 e. The van der Waals surface area contributed by atoms with Crippen molar-refractivity contribution in [1.29, 1.82) is 0 Å². The first-order valence-corrected chi connectivity index (χ1v) is 8.10. The second kappa shape index (κ2) is 6.12. The molecule has 0 fully saturated rings. The van der Waals surface area contributed by atoms with Crippen molar-refractivity contribution in [3.63, 3.8) is 0 Å². The molecule has 1 aromatic carbocycles. The summed E-state index contributed by atoms with van der Waals surface area (Å²) in [5, 5.41) is 7.49. The monoisotopic (exact) mass is 308 g/mol. The minimum Gasteiger partial charge on any atom is -0.488 e. The Morgan fingerprint density at radius 2 is 2.45 bits per heavy atom. The van der Waals surface area contributed by atoms with Crippen molar-refractivity contribution in [1.82, 2.24) is 10.3 Å². The number of thiazole rings is 1. The van der Waals surface area contributed by atoms with Crippen LogP contribution in [0.3, 0.4) is 0 Å². The van der Waals surface area contributed by atoms with Gasteiger partial charge in [-0.1, -0.05) is 18.5 Å². The molecular formula is C15H17ClN2OS. The van der Waals surface area contributed by atoms with Crippen molar-refractivity contribution >= 4 is 22.9 Å². The van der Waals surface area contributed by atoms with E-state index in [1.54, 1.807) is 11.3 Å². The summed E-state index contributed by atoms with van der Waals surface area (Å²) in [7, 11) is 0. The first kappa shape index (κ1) is 13.9. The van der Waals surface area contributed by atoms with E-state index in [0.717, 1.165) is 35.2 Å². The second-order valence-corrected chi connectivity index (χ2v) is 6.30. The minimum atomic E-state index is 0.178. The minimum absolute atomic E-state index is 0.178. The zero-order valence-electron chi connectivity index (χ0n) is 11.3. The second-order valence-electron chi connectivity index (χ2n) is 4.94. The Morgan fingerprint density at radius 3 is 3.20 bits per heavy atom. The zero-order chi connectivity index (χ0) is 13.9. The first-order valence-electron chi connectivity index (χ1n) is 6.84.